The van der Waals surface area contributed by atoms with E-state index >= 15 is 0 Å². The van der Waals surface area contributed by atoms with Crippen LogP contribution in [0.5, 0.6) is 0 Å². The van der Waals surface area contributed by atoms with Crippen molar-refractivity contribution in [2.24, 2.45) is 0 Å². The molecule has 0 saturated carbocycles. The van der Waals surface area contributed by atoms with E-state index in [1.165, 1.54) is 30.6 Å². The van der Waals surface area contributed by atoms with Gasteiger partial charge in [0.25, 0.3) is 5.91 Å². The van der Waals surface area contributed by atoms with Crippen LogP contribution < -0.4 is 0 Å². The molecule has 1 aromatic heterocycles. The minimum absolute atomic E-state index is 0.226. The van der Waals surface area contributed by atoms with Gasteiger partial charge >= 0.3 is 6.18 Å². The van der Waals surface area contributed by atoms with E-state index < -0.39 is 11.7 Å². The molecule has 0 atom stereocenters. The molecule has 0 unspecified atom stereocenters. The molecule has 1 aromatic carbocycles. The highest BCUT2D eigenvalue weighted by molar-refractivity contribution is 7.07. The largest absolute Gasteiger partial charge is 0.416 e. The zero-order valence-corrected chi connectivity index (χ0v) is 13.3. The summed E-state index contributed by atoms with van der Waals surface area (Å²) in [5, 5.41) is 3.84. The van der Waals surface area contributed by atoms with E-state index in [2.05, 4.69) is 0 Å². The monoisotopic (exact) mass is 343 g/mol. The maximum atomic E-state index is 12.6. The second kappa shape index (κ2) is 7.61. The van der Waals surface area contributed by atoms with Crippen molar-refractivity contribution in [1.29, 1.82) is 0 Å². The van der Waals surface area contributed by atoms with Crippen LogP contribution in [0.25, 0.3) is 0 Å². The molecule has 2 rings (SSSR count). The van der Waals surface area contributed by atoms with Crippen molar-refractivity contribution in [2.45, 2.75) is 12.7 Å². The Labute approximate surface area is 136 Å². The number of carbonyl (C=O) groups excluding carboxylic acids is 1. The van der Waals surface area contributed by atoms with Crippen LogP contribution in [0.3, 0.4) is 0 Å². The first-order valence-electron chi connectivity index (χ1n) is 6.88. The van der Waals surface area contributed by atoms with Crippen molar-refractivity contribution in [1.82, 2.24) is 4.90 Å². The first-order valence-corrected chi connectivity index (χ1v) is 7.82. The molecule has 0 aliphatic heterocycles. The number of benzene rings is 1. The van der Waals surface area contributed by atoms with Crippen LogP contribution in [0.2, 0.25) is 0 Å². The summed E-state index contributed by atoms with van der Waals surface area (Å²) in [7, 11) is 1.53. The molecule has 0 radical (unpaired) electrons. The maximum Gasteiger partial charge on any atom is 0.416 e. The Morgan fingerprint density at radius 1 is 1.22 bits per heavy atom. The third-order valence-corrected chi connectivity index (χ3v) is 4.00. The number of alkyl halides is 3. The van der Waals surface area contributed by atoms with Gasteiger partial charge in [-0.05, 0) is 46.7 Å². The Morgan fingerprint density at radius 3 is 2.43 bits per heavy atom. The molecular formula is C16H16F3NO2S. The predicted molar refractivity (Wildman–Crippen MR) is 82.4 cm³/mol. The number of hydrogen-bond acceptors (Lipinski definition) is 3. The SMILES string of the molecule is COCCN(Cc1ccsc1)C(=O)c1ccc(C(F)(F)F)cc1. The molecule has 0 aliphatic rings. The molecule has 7 heteroatoms. The molecular weight excluding hydrogens is 327 g/mol. The number of hydrogen-bond donors (Lipinski definition) is 0. The Bertz CT molecular complexity index is 624. The molecule has 124 valence electrons. The van der Waals surface area contributed by atoms with Gasteiger partial charge in [0.15, 0.2) is 0 Å². The zero-order valence-electron chi connectivity index (χ0n) is 12.5. The van der Waals surface area contributed by atoms with Crippen LogP contribution in [0, 0.1) is 0 Å². The van der Waals surface area contributed by atoms with E-state index in [-0.39, 0.29) is 11.5 Å². The van der Waals surface area contributed by atoms with Crippen molar-refractivity contribution in [3.63, 3.8) is 0 Å². The molecule has 0 bridgehead atoms. The van der Waals surface area contributed by atoms with Gasteiger partial charge in [-0.25, -0.2) is 0 Å². The smallest absolute Gasteiger partial charge is 0.383 e. The molecule has 3 nitrogen and oxygen atoms in total. The van der Waals surface area contributed by atoms with Crippen LogP contribution in [-0.4, -0.2) is 31.1 Å². The first kappa shape index (κ1) is 17.5. The Kier molecular flexibility index (Phi) is 5.79. The molecule has 0 spiro atoms. The van der Waals surface area contributed by atoms with Crippen molar-refractivity contribution in [2.75, 3.05) is 20.3 Å². The highest BCUT2D eigenvalue weighted by Gasteiger charge is 2.30. The van der Waals surface area contributed by atoms with Gasteiger partial charge < -0.3 is 9.64 Å². The summed E-state index contributed by atoms with van der Waals surface area (Å²) in [5.41, 5.74) is 0.436. The fourth-order valence-electron chi connectivity index (χ4n) is 2.04. The second-order valence-corrected chi connectivity index (χ2v) is 5.71. The lowest BCUT2D eigenvalue weighted by molar-refractivity contribution is -0.137. The summed E-state index contributed by atoms with van der Waals surface area (Å²) in [6.45, 7) is 1.12. The fourth-order valence-corrected chi connectivity index (χ4v) is 2.70. The molecule has 0 aliphatic carbocycles. The van der Waals surface area contributed by atoms with E-state index in [1.54, 1.807) is 4.90 Å². The summed E-state index contributed by atoms with van der Waals surface area (Å²) in [6.07, 6.45) is -4.41. The Morgan fingerprint density at radius 2 is 1.91 bits per heavy atom. The average molecular weight is 343 g/mol. The third-order valence-electron chi connectivity index (χ3n) is 3.27. The van der Waals surface area contributed by atoms with Crippen LogP contribution in [0.4, 0.5) is 13.2 Å². The van der Waals surface area contributed by atoms with E-state index in [9.17, 15) is 18.0 Å². The molecule has 0 N–H and O–H groups in total. The Hall–Kier alpha value is -1.86. The average Bonchev–Trinajstić information content (AvgIpc) is 3.03. The number of halogens is 3. The van der Waals surface area contributed by atoms with Gasteiger partial charge in [0.05, 0.1) is 12.2 Å². The molecule has 0 fully saturated rings. The summed E-state index contributed by atoms with van der Waals surface area (Å²) in [4.78, 5) is 14.1. The molecule has 1 amide bonds. The van der Waals surface area contributed by atoms with Gasteiger partial charge in [0, 0.05) is 25.8 Å². The summed E-state index contributed by atoms with van der Waals surface area (Å²) < 4.78 is 42.8. The van der Waals surface area contributed by atoms with Gasteiger partial charge in [0.1, 0.15) is 0 Å². The molecule has 1 heterocycles. The first-order chi connectivity index (χ1) is 10.9. The number of methoxy groups -OCH3 is 1. The quantitative estimate of drug-likeness (QED) is 0.792. The summed E-state index contributed by atoms with van der Waals surface area (Å²) >= 11 is 1.52. The molecule has 0 saturated heterocycles. The normalized spacial score (nSPS) is 11.5. The van der Waals surface area contributed by atoms with Crippen LogP contribution in [-0.2, 0) is 17.5 Å². The fraction of sp³-hybridized carbons (Fsp3) is 0.312. The summed E-state index contributed by atoms with van der Waals surface area (Å²) in [5.74, 6) is -0.318. The lowest BCUT2D eigenvalue weighted by Gasteiger charge is -2.22. The maximum absolute atomic E-state index is 12.6. The van der Waals surface area contributed by atoms with Crippen molar-refractivity contribution >= 4 is 17.2 Å². The van der Waals surface area contributed by atoms with Crippen molar-refractivity contribution in [3.05, 3.63) is 57.8 Å². The highest BCUT2D eigenvalue weighted by Crippen LogP contribution is 2.29. The standard InChI is InChI=1S/C16H16F3NO2S/c1-22-8-7-20(10-12-6-9-23-11-12)15(21)13-2-4-14(5-3-13)16(17,18)19/h2-6,9,11H,7-8,10H2,1H3. The molecule has 23 heavy (non-hydrogen) atoms. The molecule has 2 aromatic rings. The topological polar surface area (TPSA) is 29.5 Å². The van der Waals surface area contributed by atoms with Gasteiger partial charge in [-0.1, -0.05) is 0 Å². The number of carbonyl (C=O) groups is 1. The van der Waals surface area contributed by atoms with Crippen LogP contribution >= 0.6 is 11.3 Å². The summed E-state index contributed by atoms with van der Waals surface area (Å²) in [6, 6.07) is 6.17. The van der Waals surface area contributed by atoms with Gasteiger partial charge in [-0.3, -0.25) is 4.79 Å². The van der Waals surface area contributed by atoms with E-state index in [1.807, 2.05) is 16.8 Å². The van der Waals surface area contributed by atoms with Crippen molar-refractivity contribution in [3.8, 4) is 0 Å². The number of amides is 1. The lowest BCUT2D eigenvalue weighted by Crippen LogP contribution is -2.33. The van der Waals surface area contributed by atoms with E-state index in [0.717, 1.165) is 17.7 Å². The number of ether oxygens (including phenoxy) is 1. The van der Waals surface area contributed by atoms with Crippen molar-refractivity contribution < 1.29 is 22.7 Å². The minimum Gasteiger partial charge on any atom is -0.383 e. The lowest BCUT2D eigenvalue weighted by atomic mass is 10.1. The van der Waals surface area contributed by atoms with E-state index in [4.69, 9.17) is 4.74 Å². The minimum atomic E-state index is -4.41. The van der Waals surface area contributed by atoms with Gasteiger partial charge in [-0.15, -0.1) is 0 Å². The van der Waals surface area contributed by atoms with Crippen LogP contribution in [0.15, 0.2) is 41.1 Å². The zero-order chi connectivity index (χ0) is 16.9. The number of thiophene rings is 1. The predicted octanol–water partition coefficient (Wildman–Crippen LogP) is 4.06. The highest BCUT2D eigenvalue weighted by atomic mass is 32.1. The second-order valence-electron chi connectivity index (χ2n) is 4.93. The van der Waals surface area contributed by atoms with Crippen LogP contribution in [0.1, 0.15) is 21.5 Å². The third kappa shape index (κ3) is 4.80. The van der Waals surface area contributed by atoms with Gasteiger partial charge in [0.2, 0.25) is 0 Å². The number of rotatable bonds is 6. The van der Waals surface area contributed by atoms with Gasteiger partial charge in [-0.2, -0.15) is 24.5 Å². The number of nitrogens with zero attached hydrogens (tertiary/aromatic N) is 1. The Balaban J connectivity index is 2.15. The van der Waals surface area contributed by atoms with E-state index in [0.29, 0.717) is 19.7 Å².